The molecule has 0 bridgehead atoms. The molecular weight excluding hydrogens is 420 g/mol. The summed E-state index contributed by atoms with van der Waals surface area (Å²) in [6.45, 7) is 2.34. The third-order valence-electron chi connectivity index (χ3n) is 5.34. The number of phenolic OH excluding ortho intramolecular Hbond substituents is 1. The minimum atomic E-state index is -0.975. The summed E-state index contributed by atoms with van der Waals surface area (Å²) in [6, 6.07) is 20.0. The number of nitriles is 1. The van der Waals surface area contributed by atoms with Crippen LogP contribution in [0.25, 0.3) is 5.76 Å². The van der Waals surface area contributed by atoms with Crippen molar-refractivity contribution in [3.8, 4) is 17.6 Å². The highest BCUT2D eigenvalue weighted by atomic mass is 16.5. The third kappa shape index (κ3) is 4.02. The molecule has 4 rings (SSSR count). The molecule has 0 saturated carbocycles. The Bertz CT molecular complexity index is 1290. The van der Waals surface area contributed by atoms with Gasteiger partial charge in [0, 0.05) is 11.3 Å². The van der Waals surface area contributed by atoms with Crippen LogP contribution in [-0.4, -0.2) is 28.5 Å². The summed E-state index contributed by atoms with van der Waals surface area (Å²) in [5, 5.41) is 30.2. The van der Waals surface area contributed by atoms with Crippen molar-refractivity contribution < 1.29 is 24.5 Å². The Kier molecular flexibility index (Phi) is 5.83. The second-order valence-electron chi connectivity index (χ2n) is 7.38. The van der Waals surface area contributed by atoms with Crippen LogP contribution in [0.1, 0.15) is 29.7 Å². The summed E-state index contributed by atoms with van der Waals surface area (Å²) in [5.74, 6) is -1.43. The molecule has 1 heterocycles. The molecule has 1 unspecified atom stereocenters. The number of benzene rings is 3. The first-order chi connectivity index (χ1) is 15.9. The molecule has 0 spiro atoms. The van der Waals surface area contributed by atoms with E-state index in [0.717, 1.165) is 0 Å². The first-order valence-corrected chi connectivity index (χ1v) is 10.3. The van der Waals surface area contributed by atoms with Gasteiger partial charge in [0.05, 0.1) is 29.9 Å². The van der Waals surface area contributed by atoms with Gasteiger partial charge in [-0.25, -0.2) is 0 Å². The number of hydrogen-bond acceptors (Lipinski definition) is 6. The van der Waals surface area contributed by atoms with E-state index in [0.29, 0.717) is 34.7 Å². The number of phenols is 1. The van der Waals surface area contributed by atoms with E-state index in [-0.39, 0.29) is 17.1 Å². The van der Waals surface area contributed by atoms with Gasteiger partial charge in [0.15, 0.2) is 0 Å². The SMILES string of the molecule is CCOc1ccc(/C(O)=C2/C(=O)C(=O)N(c3ccc(C#N)cc3)C2c2cccc(O)c2)cc1. The topological polar surface area (TPSA) is 111 Å². The van der Waals surface area contributed by atoms with E-state index >= 15 is 0 Å². The Morgan fingerprint density at radius 1 is 1.06 bits per heavy atom. The zero-order valence-electron chi connectivity index (χ0n) is 17.7. The molecule has 7 nitrogen and oxygen atoms in total. The van der Waals surface area contributed by atoms with Crippen LogP contribution in [0.3, 0.4) is 0 Å². The van der Waals surface area contributed by atoms with Gasteiger partial charge in [-0.3, -0.25) is 14.5 Å². The summed E-state index contributed by atoms with van der Waals surface area (Å²) in [5.41, 5.74) is 1.49. The molecule has 164 valence electrons. The quantitative estimate of drug-likeness (QED) is 0.348. The van der Waals surface area contributed by atoms with E-state index in [4.69, 9.17) is 10.00 Å². The van der Waals surface area contributed by atoms with Crippen molar-refractivity contribution in [1.29, 1.82) is 5.26 Å². The predicted octanol–water partition coefficient (Wildman–Crippen LogP) is 4.29. The van der Waals surface area contributed by atoms with Crippen molar-refractivity contribution in [3.05, 3.63) is 95.1 Å². The number of anilines is 1. The molecule has 1 amide bonds. The Morgan fingerprint density at radius 2 is 1.76 bits per heavy atom. The van der Waals surface area contributed by atoms with Gasteiger partial charge >= 0.3 is 0 Å². The number of Topliss-reactive ketones (excluding diaryl/α,β-unsaturated/α-hetero) is 1. The van der Waals surface area contributed by atoms with Crippen molar-refractivity contribution in [2.24, 2.45) is 0 Å². The standard InChI is InChI=1S/C26H20N2O5/c1-2-33-21-12-8-17(9-13-21)24(30)22-23(18-4-3-5-20(29)14-18)28(26(32)25(22)31)19-10-6-16(15-27)7-11-19/h3-14,23,29-30H,2H2,1H3/b24-22-. The molecule has 1 fully saturated rings. The van der Waals surface area contributed by atoms with Gasteiger partial charge in [-0.15, -0.1) is 0 Å². The Labute approximate surface area is 190 Å². The second-order valence-corrected chi connectivity index (χ2v) is 7.38. The minimum Gasteiger partial charge on any atom is -0.508 e. The highest BCUT2D eigenvalue weighted by Crippen LogP contribution is 2.42. The van der Waals surface area contributed by atoms with E-state index in [1.165, 1.54) is 17.0 Å². The average Bonchev–Trinajstić information content (AvgIpc) is 3.10. The van der Waals surface area contributed by atoms with Crippen LogP contribution >= 0.6 is 0 Å². The Balaban J connectivity index is 1.89. The van der Waals surface area contributed by atoms with Gasteiger partial charge in [0.25, 0.3) is 11.7 Å². The van der Waals surface area contributed by atoms with E-state index < -0.39 is 17.7 Å². The summed E-state index contributed by atoms with van der Waals surface area (Å²) < 4.78 is 5.42. The van der Waals surface area contributed by atoms with E-state index in [9.17, 15) is 19.8 Å². The van der Waals surface area contributed by atoms with Gasteiger partial charge in [-0.2, -0.15) is 5.26 Å². The molecular formula is C26H20N2O5. The number of rotatable bonds is 5. The minimum absolute atomic E-state index is 0.0426. The van der Waals surface area contributed by atoms with Gasteiger partial charge in [-0.05, 0) is 73.2 Å². The average molecular weight is 440 g/mol. The first kappa shape index (κ1) is 21.7. The van der Waals surface area contributed by atoms with Crippen molar-refractivity contribution in [3.63, 3.8) is 0 Å². The third-order valence-corrected chi connectivity index (χ3v) is 5.34. The van der Waals surface area contributed by atoms with Crippen molar-refractivity contribution in [2.45, 2.75) is 13.0 Å². The molecule has 2 N–H and O–H groups in total. The van der Waals surface area contributed by atoms with Crippen LogP contribution in [0.4, 0.5) is 5.69 Å². The van der Waals surface area contributed by atoms with E-state index in [1.54, 1.807) is 60.7 Å². The first-order valence-electron chi connectivity index (χ1n) is 10.3. The number of ketones is 1. The molecule has 1 atom stereocenters. The maximum atomic E-state index is 13.1. The molecule has 33 heavy (non-hydrogen) atoms. The molecule has 7 heteroatoms. The summed E-state index contributed by atoms with van der Waals surface area (Å²) in [6.07, 6.45) is 0. The smallest absolute Gasteiger partial charge is 0.300 e. The van der Waals surface area contributed by atoms with E-state index in [2.05, 4.69) is 0 Å². The van der Waals surface area contributed by atoms with Crippen molar-refractivity contribution in [1.82, 2.24) is 0 Å². The van der Waals surface area contributed by atoms with Crippen LogP contribution in [0.15, 0.2) is 78.4 Å². The number of nitrogens with zero attached hydrogens (tertiary/aromatic N) is 2. The summed E-state index contributed by atoms with van der Waals surface area (Å²) in [4.78, 5) is 27.5. The van der Waals surface area contributed by atoms with Gasteiger partial charge in [0.2, 0.25) is 0 Å². The number of hydrogen-bond donors (Lipinski definition) is 2. The molecule has 3 aromatic carbocycles. The normalized spacial score (nSPS) is 17.1. The van der Waals surface area contributed by atoms with Crippen LogP contribution < -0.4 is 9.64 Å². The maximum Gasteiger partial charge on any atom is 0.300 e. The lowest BCUT2D eigenvalue weighted by Crippen LogP contribution is -2.29. The number of carbonyl (C=O) groups is 2. The number of aliphatic hydroxyl groups is 1. The van der Waals surface area contributed by atoms with Gasteiger partial charge < -0.3 is 14.9 Å². The van der Waals surface area contributed by atoms with Gasteiger partial charge in [-0.1, -0.05) is 12.1 Å². The largest absolute Gasteiger partial charge is 0.508 e. The Hall–Kier alpha value is -4.57. The molecule has 0 aliphatic carbocycles. The lowest BCUT2D eigenvalue weighted by molar-refractivity contribution is -0.132. The van der Waals surface area contributed by atoms with Crippen LogP contribution in [0, 0.1) is 11.3 Å². The van der Waals surface area contributed by atoms with Crippen LogP contribution in [0.5, 0.6) is 11.5 Å². The lowest BCUT2D eigenvalue weighted by atomic mass is 9.95. The lowest BCUT2D eigenvalue weighted by Gasteiger charge is -2.25. The number of ether oxygens (including phenoxy) is 1. The molecule has 1 aliphatic heterocycles. The Morgan fingerprint density at radius 3 is 2.36 bits per heavy atom. The fourth-order valence-electron chi connectivity index (χ4n) is 3.84. The predicted molar refractivity (Wildman–Crippen MR) is 122 cm³/mol. The molecule has 1 saturated heterocycles. The number of aromatic hydroxyl groups is 1. The number of amides is 1. The van der Waals surface area contributed by atoms with Gasteiger partial charge in [0.1, 0.15) is 17.3 Å². The van der Waals surface area contributed by atoms with Crippen molar-refractivity contribution in [2.75, 3.05) is 11.5 Å². The molecule has 3 aromatic rings. The zero-order chi connectivity index (χ0) is 23.5. The summed E-state index contributed by atoms with van der Waals surface area (Å²) >= 11 is 0. The fraction of sp³-hybridized carbons (Fsp3) is 0.115. The molecule has 1 aliphatic rings. The highest BCUT2D eigenvalue weighted by molar-refractivity contribution is 6.51. The monoisotopic (exact) mass is 440 g/mol. The van der Waals surface area contributed by atoms with Crippen LogP contribution in [0.2, 0.25) is 0 Å². The number of aliphatic hydroxyl groups excluding tert-OH is 1. The zero-order valence-corrected chi connectivity index (χ0v) is 17.7. The van der Waals surface area contributed by atoms with Crippen molar-refractivity contribution >= 4 is 23.1 Å². The fourth-order valence-corrected chi connectivity index (χ4v) is 3.84. The summed E-state index contributed by atoms with van der Waals surface area (Å²) in [7, 11) is 0. The molecule has 0 aromatic heterocycles. The van der Waals surface area contributed by atoms with Crippen LogP contribution in [-0.2, 0) is 9.59 Å². The molecule has 0 radical (unpaired) electrons. The number of carbonyl (C=O) groups excluding carboxylic acids is 2. The maximum absolute atomic E-state index is 13.1. The highest BCUT2D eigenvalue weighted by Gasteiger charge is 2.47. The van der Waals surface area contributed by atoms with E-state index in [1.807, 2.05) is 13.0 Å². The second kappa shape index (κ2) is 8.89.